The lowest BCUT2D eigenvalue weighted by molar-refractivity contribution is -0.160. The highest BCUT2D eigenvalue weighted by Gasteiger charge is 2.52. The van der Waals surface area contributed by atoms with Gasteiger partial charge in [-0.05, 0) is 88.8 Å². The van der Waals surface area contributed by atoms with Crippen LogP contribution in [0.5, 0.6) is 0 Å². The zero-order valence-electron chi connectivity index (χ0n) is 19.0. The molecule has 2 aliphatic carbocycles. The van der Waals surface area contributed by atoms with E-state index in [0.717, 1.165) is 64.0 Å². The number of nitrogens with one attached hydrogen (secondary N) is 1. The Balaban J connectivity index is 1.48. The lowest BCUT2D eigenvalue weighted by Crippen LogP contribution is -2.59. The number of carbonyl (C=O) groups excluding carboxylic acids is 1. The second-order valence-corrected chi connectivity index (χ2v) is 10.4. The smallest absolute Gasteiger partial charge is 0.178 e. The number of aliphatic hydroxyl groups is 1. The van der Waals surface area contributed by atoms with Gasteiger partial charge in [0.05, 0.1) is 6.54 Å². The normalized spacial score (nSPS) is 29.0. The quantitative estimate of drug-likeness (QED) is 0.536. The molecule has 0 aromatic rings. The zero-order chi connectivity index (χ0) is 20.9. The van der Waals surface area contributed by atoms with Gasteiger partial charge in [0, 0.05) is 12.0 Å². The van der Waals surface area contributed by atoms with Gasteiger partial charge in [0.25, 0.3) is 0 Å². The maximum absolute atomic E-state index is 13.3. The number of allylic oxidation sites excluding steroid dienone is 2. The lowest BCUT2D eigenvalue weighted by atomic mass is 9.60. The molecular formula is C25H44N2O2. The molecule has 0 bridgehead atoms. The molecule has 0 spiro atoms. The average molecular weight is 405 g/mol. The van der Waals surface area contributed by atoms with Crippen LogP contribution in [0.2, 0.25) is 0 Å². The molecular weight excluding hydrogens is 360 g/mol. The molecule has 0 aromatic heterocycles. The third-order valence-electron chi connectivity index (χ3n) is 7.85. The van der Waals surface area contributed by atoms with Crippen LogP contribution in [0.1, 0.15) is 78.6 Å². The first kappa shape index (κ1) is 23.0. The van der Waals surface area contributed by atoms with Crippen molar-refractivity contribution in [2.45, 2.75) is 90.2 Å². The van der Waals surface area contributed by atoms with Crippen LogP contribution in [0.25, 0.3) is 0 Å². The third kappa shape index (κ3) is 5.71. The highest BCUT2D eigenvalue weighted by atomic mass is 16.3. The second-order valence-electron chi connectivity index (χ2n) is 10.4. The monoisotopic (exact) mass is 404 g/mol. The van der Waals surface area contributed by atoms with Crippen molar-refractivity contribution in [3.05, 3.63) is 12.2 Å². The first-order valence-corrected chi connectivity index (χ1v) is 12.3. The van der Waals surface area contributed by atoms with E-state index in [4.69, 9.17) is 0 Å². The van der Waals surface area contributed by atoms with E-state index in [1.165, 1.54) is 19.4 Å². The number of piperidine rings is 1. The highest BCUT2D eigenvalue weighted by molar-refractivity contribution is 5.89. The number of carbonyl (C=O) groups is 1. The van der Waals surface area contributed by atoms with Crippen LogP contribution in [0.3, 0.4) is 0 Å². The Hall–Kier alpha value is -0.710. The summed E-state index contributed by atoms with van der Waals surface area (Å²) >= 11 is 0. The van der Waals surface area contributed by atoms with E-state index in [1.807, 2.05) is 0 Å². The Morgan fingerprint density at radius 1 is 1.21 bits per heavy atom. The summed E-state index contributed by atoms with van der Waals surface area (Å²) in [5.41, 5.74) is -1.13. The molecule has 0 amide bonds. The molecule has 4 heteroatoms. The van der Waals surface area contributed by atoms with E-state index in [9.17, 15) is 9.90 Å². The molecule has 166 valence electrons. The summed E-state index contributed by atoms with van der Waals surface area (Å²) in [7, 11) is 0. The molecule has 0 radical (unpaired) electrons. The highest BCUT2D eigenvalue weighted by Crippen LogP contribution is 2.46. The fraction of sp³-hybridized carbons (Fsp3) is 0.880. The minimum absolute atomic E-state index is 0.0497. The second kappa shape index (κ2) is 10.5. The van der Waals surface area contributed by atoms with Crippen molar-refractivity contribution in [3.8, 4) is 0 Å². The minimum Gasteiger partial charge on any atom is -0.381 e. The predicted molar refractivity (Wildman–Crippen MR) is 120 cm³/mol. The average Bonchev–Trinajstić information content (AvgIpc) is 2.65. The molecule has 1 saturated carbocycles. The lowest BCUT2D eigenvalue weighted by Gasteiger charge is -2.48. The Morgan fingerprint density at radius 3 is 2.52 bits per heavy atom. The van der Waals surface area contributed by atoms with Gasteiger partial charge in [-0.3, -0.25) is 4.79 Å². The van der Waals surface area contributed by atoms with Crippen LogP contribution in [0, 0.1) is 23.7 Å². The molecule has 3 rings (SSSR count). The summed E-state index contributed by atoms with van der Waals surface area (Å²) in [5.74, 6) is 1.37. The summed E-state index contributed by atoms with van der Waals surface area (Å²) in [6.45, 7) is 10.5. The van der Waals surface area contributed by atoms with Crippen LogP contribution >= 0.6 is 0 Å². The predicted octanol–water partition coefficient (Wildman–Crippen LogP) is 4.18. The van der Waals surface area contributed by atoms with Crippen molar-refractivity contribution in [1.29, 1.82) is 0 Å². The zero-order valence-corrected chi connectivity index (χ0v) is 19.0. The number of ketones is 1. The molecule has 2 fully saturated rings. The van der Waals surface area contributed by atoms with Crippen LogP contribution in [-0.2, 0) is 4.79 Å². The van der Waals surface area contributed by atoms with Crippen molar-refractivity contribution in [1.82, 2.24) is 10.2 Å². The topological polar surface area (TPSA) is 52.6 Å². The largest absolute Gasteiger partial charge is 0.381 e. The number of rotatable bonds is 10. The van der Waals surface area contributed by atoms with E-state index < -0.39 is 5.60 Å². The Kier molecular flexibility index (Phi) is 8.35. The van der Waals surface area contributed by atoms with E-state index in [2.05, 4.69) is 43.1 Å². The Morgan fingerprint density at radius 2 is 1.93 bits per heavy atom. The van der Waals surface area contributed by atoms with Crippen LogP contribution < -0.4 is 5.32 Å². The molecule has 4 nitrogen and oxygen atoms in total. The minimum atomic E-state index is -1.13. The van der Waals surface area contributed by atoms with Gasteiger partial charge in [0.1, 0.15) is 5.60 Å². The van der Waals surface area contributed by atoms with Crippen molar-refractivity contribution in [3.63, 3.8) is 0 Å². The number of likely N-dealkylation sites (tertiary alicyclic amines) is 1. The van der Waals surface area contributed by atoms with E-state index >= 15 is 0 Å². The first-order chi connectivity index (χ1) is 13.9. The molecule has 2 N–H and O–H groups in total. The van der Waals surface area contributed by atoms with E-state index in [0.29, 0.717) is 12.6 Å². The van der Waals surface area contributed by atoms with Gasteiger partial charge in [-0.2, -0.15) is 0 Å². The fourth-order valence-corrected chi connectivity index (χ4v) is 5.65. The van der Waals surface area contributed by atoms with Crippen molar-refractivity contribution in [2.24, 2.45) is 23.7 Å². The standard InChI is InChI=1S/C25H44N2O2/c1-19(2)8-7-15-27-16-13-22(14-17-27)26-18-24(28)25(29,21-10-6-11-21)23-12-5-4-9-20(23)3/h4,9,19-23,26,29H,5-8,10-18H2,1-3H3. The van der Waals surface area contributed by atoms with Gasteiger partial charge in [-0.15, -0.1) is 0 Å². The van der Waals surface area contributed by atoms with Crippen molar-refractivity contribution >= 4 is 5.78 Å². The summed E-state index contributed by atoms with van der Waals surface area (Å²) in [5, 5.41) is 15.2. The maximum Gasteiger partial charge on any atom is 0.178 e. The van der Waals surface area contributed by atoms with Gasteiger partial charge in [-0.25, -0.2) is 0 Å². The summed E-state index contributed by atoms with van der Waals surface area (Å²) in [6.07, 6.45) is 14.3. The summed E-state index contributed by atoms with van der Waals surface area (Å²) in [4.78, 5) is 15.9. The Bertz CT molecular complexity index is 549. The maximum atomic E-state index is 13.3. The van der Waals surface area contributed by atoms with Gasteiger partial charge in [0.2, 0.25) is 0 Å². The fourth-order valence-electron chi connectivity index (χ4n) is 5.65. The Labute approximate surface area is 178 Å². The molecule has 1 aliphatic heterocycles. The molecule has 0 aromatic carbocycles. The SMILES string of the molecule is CC(C)CCCN1CCC(NCC(=O)C(O)(C2CCC2)C2CCC=CC2C)CC1. The number of nitrogens with zero attached hydrogens (tertiary/aromatic N) is 1. The van der Waals surface area contributed by atoms with E-state index in [-0.39, 0.29) is 23.5 Å². The van der Waals surface area contributed by atoms with Crippen molar-refractivity contribution < 1.29 is 9.90 Å². The van der Waals surface area contributed by atoms with Gasteiger partial charge in [0.15, 0.2) is 5.78 Å². The van der Waals surface area contributed by atoms with Crippen molar-refractivity contribution in [2.75, 3.05) is 26.2 Å². The molecule has 3 atom stereocenters. The van der Waals surface area contributed by atoms with Gasteiger partial charge >= 0.3 is 0 Å². The molecule has 3 unspecified atom stereocenters. The number of hydrogen-bond donors (Lipinski definition) is 2. The van der Waals surface area contributed by atoms with Gasteiger partial charge < -0.3 is 15.3 Å². The molecule has 3 aliphatic rings. The van der Waals surface area contributed by atoms with Crippen LogP contribution in [-0.4, -0.2) is 53.6 Å². The summed E-state index contributed by atoms with van der Waals surface area (Å²) in [6, 6.07) is 0.412. The van der Waals surface area contributed by atoms with Crippen LogP contribution in [0.4, 0.5) is 0 Å². The van der Waals surface area contributed by atoms with E-state index in [1.54, 1.807) is 0 Å². The molecule has 29 heavy (non-hydrogen) atoms. The molecule has 1 saturated heterocycles. The molecule has 1 heterocycles. The summed E-state index contributed by atoms with van der Waals surface area (Å²) < 4.78 is 0. The third-order valence-corrected chi connectivity index (χ3v) is 7.85. The number of Topliss-reactive ketones (excluding diaryl/α,β-unsaturated/α-hetero) is 1. The van der Waals surface area contributed by atoms with Gasteiger partial charge in [-0.1, -0.05) is 39.3 Å². The number of hydrogen-bond acceptors (Lipinski definition) is 4. The first-order valence-electron chi connectivity index (χ1n) is 12.3. The van der Waals surface area contributed by atoms with Crippen LogP contribution in [0.15, 0.2) is 12.2 Å².